The van der Waals surface area contributed by atoms with Crippen molar-refractivity contribution in [2.45, 2.75) is 50.4 Å². The van der Waals surface area contributed by atoms with Crippen molar-refractivity contribution >= 4 is 11.5 Å². The third kappa shape index (κ3) is 5.05. The molecule has 0 radical (unpaired) electrons. The lowest BCUT2D eigenvalue weighted by Gasteiger charge is -2.36. The van der Waals surface area contributed by atoms with Crippen LogP contribution in [0.3, 0.4) is 0 Å². The Bertz CT molecular complexity index is 987. The highest BCUT2D eigenvalue weighted by Crippen LogP contribution is 2.41. The van der Waals surface area contributed by atoms with Crippen LogP contribution in [0, 0.1) is 5.82 Å². The molecular weight excluding hydrogens is 423 g/mol. The standard InChI is InChI=1S/C24H33FN6O2/c1-24(4-5-24)33-21-11-17(19(26)12-18(21)25)23(27)20-13-22(29-15-28-20)31-8-6-30(7-9-31)14-16-3-2-10-32-16/h11-13,15-16,23H,2-10,14,26-27H2,1H3. The Morgan fingerprint density at radius 2 is 2.00 bits per heavy atom. The van der Waals surface area contributed by atoms with Crippen molar-refractivity contribution in [2.24, 2.45) is 5.73 Å². The Kier molecular flexibility index (Phi) is 6.11. The van der Waals surface area contributed by atoms with Crippen molar-refractivity contribution in [3.8, 4) is 5.75 Å². The predicted molar refractivity (Wildman–Crippen MR) is 125 cm³/mol. The highest BCUT2D eigenvalue weighted by molar-refractivity contribution is 5.55. The number of anilines is 2. The monoisotopic (exact) mass is 456 g/mol. The van der Waals surface area contributed by atoms with Crippen LogP contribution in [0.15, 0.2) is 24.5 Å². The zero-order chi connectivity index (χ0) is 23.0. The lowest BCUT2D eigenvalue weighted by molar-refractivity contribution is 0.0712. The molecule has 3 heterocycles. The quantitative estimate of drug-likeness (QED) is 0.613. The highest BCUT2D eigenvalue weighted by atomic mass is 19.1. The molecule has 1 aromatic heterocycles. The van der Waals surface area contributed by atoms with Crippen molar-refractivity contribution in [2.75, 3.05) is 50.0 Å². The van der Waals surface area contributed by atoms with Crippen LogP contribution in [0.25, 0.3) is 0 Å². The first kappa shape index (κ1) is 22.3. The van der Waals surface area contributed by atoms with E-state index in [4.69, 9.17) is 20.9 Å². The third-order valence-electron chi connectivity index (χ3n) is 6.96. The smallest absolute Gasteiger partial charge is 0.167 e. The largest absolute Gasteiger partial charge is 0.484 e. The molecule has 2 aliphatic heterocycles. The molecule has 2 atom stereocenters. The van der Waals surface area contributed by atoms with E-state index >= 15 is 0 Å². The summed E-state index contributed by atoms with van der Waals surface area (Å²) >= 11 is 0. The number of halogens is 1. The van der Waals surface area contributed by atoms with E-state index in [-0.39, 0.29) is 17.0 Å². The van der Waals surface area contributed by atoms with E-state index in [1.54, 1.807) is 6.07 Å². The number of rotatable bonds is 7. The van der Waals surface area contributed by atoms with E-state index in [0.29, 0.717) is 17.4 Å². The summed E-state index contributed by atoms with van der Waals surface area (Å²) in [5.74, 6) is 0.557. The average molecular weight is 457 g/mol. The van der Waals surface area contributed by atoms with Crippen molar-refractivity contribution in [1.82, 2.24) is 14.9 Å². The number of ether oxygens (including phenoxy) is 2. The van der Waals surface area contributed by atoms with E-state index in [9.17, 15) is 4.39 Å². The molecule has 3 fully saturated rings. The zero-order valence-corrected chi connectivity index (χ0v) is 19.2. The summed E-state index contributed by atoms with van der Waals surface area (Å²) in [6.45, 7) is 7.56. The lowest BCUT2D eigenvalue weighted by Crippen LogP contribution is -2.48. The maximum Gasteiger partial charge on any atom is 0.167 e. The number of nitrogens with zero attached hydrogens (tertiary/aromatic N) is 4. The van der Waals surface area contributed by atoms with Crippen LogP contribution in [0.1, 0.15) is 49.9 Å². The SMILES string of the molecule is CC1(Oc2cc(C(N)c3cc(N4CCN(CC5CCCO5)CC4)ncn3)c(N)cc2F)CC1. The summed E-state index contributed by atoms with van der Waals surface area (Å²) in [6, 6.07) is 4.20. The summed E-state index contributed by atoms with van der Waals surface area (Å²) in [5, 5.41) is 0. The fraction of sp³-hybridized carbons (Fsp3) is 0.583. The van der Waals surface area contributed by atoms with Gasteiger partial charge in [-0.2, -0.15) is 0 Å². The fourth-order valence-corrected chi connectivity index (χ4v) is 4.58. The van der Waals surface area contributed by atoms with Crippen LogP contribution in [0.2, 0.25) is 0 Å². The molecule has 2 aromatic rings. The normalized spacial score (nSPS) is 23.5. The molecule has 3 aliphatic rings. The number of hydrogen-bond acceptors (Lipinski definition) is 8. The second-order valence-electron chi connectivity index (χ2n) is 9.66. The van der Waals surface area contributed by atoms with Crippen molar-refractivity contribution < 1.29 is 13.9 Å². The van der Waals surface area contributed by atoms with Gasteiger partial charge in [0.25, 0.3) is 0 Å². The minimum atomic E-state index is -0.609. The number of nitrogen functional groups attached to an aromatic ring is 1. The molecule has 8 nitrogen and oxygen atoms in total. The second kappa shape index (κ2) is 9.04. The highest BCUT2D eigenvalue weighted by Gasteiger charge is 2.41. The molecule has 0 bridgehead atoms. The van der Waals surface area contributed by atoms with E-state index in [1.807, 2.05) is 13.0 Å². The first-order chi connectivity index (χ1) is 15.9. The van der Waals surface area contributed by atoms with Crippen LogP contribution in [-0.4, -0.2) is 65.9 Å². The number of benzene rings is 1. The zero-order valence-electron chi connectivity index (χ0n) is 19.2. The molecular formula is C24H33FN6O2. The van der Waals surface area contributed by atoms with E-state index in [2.05, 4.69) is 19.8 Å². The minimum Gasteiger partial charge on any atom is -0.484 e. The van der Waals surface area contributed by atoms with Gasteiger partial charge in [-0.25, -0.2) is 14.4 Å². The van der Waals surface area contributed by atoms with Gasteiger partial charge < -0.3 is 25.8 Å². The van der Waals surface area contributed by atoms with Gasteiger partial charge in [0.05, 0.1) is 17.8 Å². The number of nitrogens with two attached hydrogens (primary N) is 2. The van der Waals surface area contributed by atoms with E-state index in [0.717, 1.165) is 64.4 Å². The molecule has 2 saturated heterocycles. The minimum absolute atomic E-state index is 0.186. The van der Waals surface area contributed by atoms with Crippen LogP contribution in [0.5, 0.6) is 5.75 Å². The van der Waals surface area contributed by atoms with Gasteiger partial charge >= 0.3 is 0 Å². The van der Waals surface area contributed by atoms with Crippen LogP contribution in [0.4, 0.5) is 15.9 Å². The molecule has 9 heteroatoms. The van der Waals surface area contributed by atoms with Gasteiger partial charge in [-0.3, -0.25) is 4.90 Å². The number of aromatic nitrogens is 2. The summed E-state index contributed by atoms with van der Waals surface area (Å²) in [4.78, 5) is 13.6. The Hall–Kier alpha value is -2.49. The Balaban J connectivity index is 1.27. The molecule has 0 amide bonds. The Labute approximate surface area is 194 Å². The maximum absolute atomic E-state index is 14.4. The molecule has 0 spiro atoms. The summed E-state index contributed by atoms with van der Waals surface area (Å²) in [7, 11) is 0. The average Bonchev–Trinajstić information content (AvgIpc) is 3.31. The third-order valence-corrected chi connectivity index (χ3v) is 6.96. The topological polar surface area (TPSA) is 103 Å². The van der Waals surface area contributed by atoms with Gasteiger partial charge in [0.1, 0.15) is 17.7 Å². The second-order valence-corrected chi connectivity index (χ2v) is 9.66. The van der Waals surface area contributed by atoms with E-state index < -0.39 is 11.9 Å². The van der Waals surface area contributed by atoms with Crippen molar-refractivity contribution in [1.29, 1.82) is 0 Å². The van der Waals surface area contributed by atoms with Crippen molar-refractivity contribution in [3.63, 3.8) is 0 Å². The molecule has 178 valence electrons. The Morgan fingerprint density at radius 3 is 2.70 bits per heavy atom. The van der Waals surface area contributed by atoms with Gasteiger partial charge in [-0.15, -0.1) is 0 Å². The number of piperazine rings is 1. The lowest BCUT2D eigenvalue weighted by atomic mass is 10.0. The van der Waals surface area contributed by atoms with Crippen LogP contribution < -0.4 is 21.1 Å². The van der Waals surface area contributed by atoms with Gasteiger partial charge in [-0.1, -0.05) is 0 Å². The predicted octanol–water partition coefficient (Wildman–Crippen LogP) is 2.48. The first-order valence-corrected chi connectivity index (χ1v) is 11.8. The molecule has 1 aliphatic carbocycles. The molecule has 5 rings (SSSR count). The molecule has 1 aromatic carbocycles. The fourth-order valence-electron chi connectivity index (χ4n) is 4.58. The van der Waals surface area contributed by atoms with Gasteiger partial charge in [0.2, 0.25) is 0 Å². The summed E-state index contributed by atoms with van der Waals surface area (Å²) in [6.07, 6.45) is 6.05. The molecule has 1 saturated carbocycles. The maximum atomic E-state index is 14.4. The Morgan fingerprint density at radius 1 is 1.21 bits per heavy atom. The van der Waals surface area contributed by atoms with E-state index in [1.165, 1.54) is 18.8 Å². The summed E-state index contributed by atoms with van der Waals surface area (Å²) in [5.41, 5.74) is 13.9. The van der Waals surface area contributed by atoms with Crippen molar-refractivity contribution in [3.05, 3.63) is 41.6 Å². The van der Waals surface area contributed by atoms with Gasteiger partial charge in [0, 0.05) is 62.7 Å². The molecule has 4 N–H and O–H groups in total. The molecule has 2 unspecified atom stereocenters. The van der Waals surface area contributed by atoms with Crippen LogP contribution >= 0.6 is 0 Å². The van der Waals surface area contributed by atoms with Gasteiger partial charge in [-0.05, 0) is 38.7 Å². The van der Waals surface area contributed by atoms with Gasteiger partial charge in [0.15, 0.2) is 11.6 Å². The summed E-state index contributed by atoms with van der Waals surface area (Å²) < 4.78 is 26.1. The number of hydrogen-bond donors (Lipinski definition) is 2. The molecule has 33 heavy (non-hydrogen) atoms. The first-order valence-electron chi connectivity index (χ1n) is 11.8. The van der Waals surface area contributed by atoms with Crippen LogP contribution in [-0.2, 0) is 4.74 Å².